The number of rotatable bonds is 4. The van der Waals surface area contributed by atoms with Crippen LogP contribution in [0.15, 0.2) is 36.4 Å². The molecule has 1 aromatic carbocycles. The van der Waals surface area contributed by atoms with Gasteiger partial charge in [0.15, 0.2) is 5.06 Å². The first kappa shape index (κ1) is 16.6. The zero-order chi connectivity index (χ0) is 17.4. The first-order chi connectivity index (χ1) is 12.1. The van der Waals surface area contributed by atoms with E-state index in [0.29, 0.717) is 16.8 Å². The Morgan fingerprint density at radius 1 is 1.20 bits per heavy atom. The molecule has 3 aliphatic heterocycles. The number of fused-ring (bicyclic) bond motifs is 3. The summed E-state index contributed by atoms with van der Waals surface area (Å²) in [6.45, 7) is 6.60. The van der Waals surface area contributed by atoms with Crippen LogP contribution in [0.3, 0.4) is 0 Å². The molecule has 3 saturated heterocycles. The number of piperidine rings is 3. The van der Waals surface area contributed by atoms with Crippen molar-refractivity contribution in [1.82, 2.24) is 10.2 Å². The molecule has 5 rings (SSSR count). The number of benzene rings is 1. The van der Waals surface area contributed by atoms with Gasteiger partial charge in [0.05, 0.1) is 4.88 Å². The van der Waals surface area contributed by atoms with Gasteiger partial charge in [0, 0.05) is 12.1 Å². The van der Waals surface area contributed by atoms with Gasteiger partial charge in [-0.25, -0.2) is 0 Å². The van der Waals surface area contributed by atoms with Crippen molar-refractivity contribution < 1.29 is 9.53 Å². The molecule has 0 saturated carbocycles. The number of para-hydroxylation sites is 1. The number of nitrogens with one attached hydrogen (secondary N) is 1. The zero-order valence-electron chi connectivity index (χ0n) is 14.7. The van der Waals surface area contributed by atoms with E-state index < -0.39 is 0 Å². The number of thiophene rings is 1. The molecule has 5 heteroatoms. The summed E-state index contributed by atoms with van der Waals surface area (Å²) in [7, 11) is 0. The molecular formula is C20H24N2O2S. The number of ether oxygens (including phenoxy) is 1. The Hall–Kier alpha value is -1.85. The van der Waals surface area contributed by atoms with E-state index in [1.807, 2.05) is 43.3 Å². The second-order valence-electron chi connectivity index (χ2n) is 7.10. The summed E-state index contributed by atoms with van der Waals surface area (Å²) in [5, 5.41) is 4.03. The summed E-state index contributed by atoms with van der Waals surface area (Å²) >= 11 is 1.41. The van der Waals surface area contributed by atoms with Crippen molar-refractivity contribution in [2.75, 3.05) is 13.1 Å². The quantitative estimate of drug-likeness (QED) is 0.898. The van der Waals surface area contributed by atoms with Gasteiger partial charge in [0.2, 0.25) is 0 Å². The van der Waals surface area contributed by atoms with Gasteiger partial charge in [-0.2, -0.15) is 0 Å². The molecule has 4 heterocycles. The molecule has 1 N–H and O–H groups in total. The summed E-state index contributed by atoms with van der Waals surface area (Å²) in [4.78, 5) is 15.9. The van der Waals surface area contributed by atoms with Gasteiger partial charge in [0.25, 0.3) is 5.91 Å². The van der Waals surface area contributed by atoms with Crippen LogP contribution in [-0.2, 0) is 0 Å². The minimum atomic E-state index is 0.0234. The second-order valence-corrected chi connectivity index (χ2v) is 8.15. The average molecular weight is 356 g/mol. The van der Waals surface area contributed by atoms with Crippen molar-refractivity contribution in [1.29, 1.82) is 0 Å². The number of nitrogens with zero attached hydrogens (tertiary/aromatic N) is 1. The summed E-state index contributed by atoms with van der Waals surface area (Å²) in [5.74, 6) is 1.48. The SMILES string of the molecule is Cc1ccccc1Oc1ccc(C(=O)N[C@@H]2C3CCN(CC3)[C@H]2C)s1. The molecule has 3 aliphatic rings. The summed E-state index contributed by atoms with van der Waals surface area (Å²) in [5.41, 5.74) is 1.09. The van der Waals surface area contributed by atoms with E-state index in [1.54, 1.807) is 0 Å². The number of hydrogen-bond acceptors (Lipinski definition) is 4. The highest BCUT2D eigenvalue weighted by Gasteiger charge is 2.40. The first-order valence-corrected chi connectivity index (χ1v) is 9.81. The molecular weight excluding hydrogens is 332 g/mol. The maximum absolute atomic E-state index is 12.7. The lowest BCUT2D eigenvalue weighted by Crippen LogP contribution is -2.62. The molecule has 3 fully saturated rings. The molecule has 0 aliphatic carbocycles. The van der Waals surface area contributed by atoms with E-state index in [9.17, 15) is 4.79 Å². The number of carbonyl (C=O) groups is 1. The monoisotopic (exact) mass is 356 g/mol. The molecule has 0 unspecified atom stereocenters. The van der Waals surface area contributed by atoms with E-state index in [4.69, 9.17) is 4.74 Å². The second kappa shape index (κ2) is 6.81. The Bertz CT molecular complexity index is 763. The molecule has 2 bridgehead atoms. The van der Waals surface area contributed by atoms with Crippen LogP contribution in [0.1, 0.15) is 35.0 Å². The Labute approximate surface area is 152 Å². The van der Waals surface area contributed by atoms with Gasteiger partial charge in [-0.1, -0.05) is 29.5 Å². The van der Waals surface area contributed by atoms with Crippen molar-refractivity contribution in [2.45, 2.75) is 38.8 Å². The van der Waals surface area contributed by atoms with Gasteiger partial charge in [-0.3, -0.25) is 9.69 Å². The third kappa shape index (κ3) is 3.31. The first-order valence-electron chi connectivity index (χ1n) is 9.00. The number of aryl methyl sites for hydroxylation is 1. The van der Waals surface area contributed by atoms with E-state index in [2.05, 4.69) is 17.1 Å². The molecule has 2 atom stereocenters. The van der Waals surface area contributed by atoms with E-state index in [1.165, 1.54) is 37.3 Å². The van der Waals surface area contributed by atoms with Crippen LogP contribution in [0.4, 0.5) is 0 Å². The highest BCUT2D eigenvalue weighted by molar-refractivity contribution is 7.15. The van der Waals surface area contributed by atoms with Gasteiger partial charge >= 0.3 is 0 Å². The topological polar surface area (TPSA) is 41.6 Å². The van der Waals surface area contributed by atoms with Gasteiger partial charge in [0.1, 0.15) is 5.75 Å². The summed E-state index contributed by atoms with van der Waals surface area (Å²) in [6.07, 6.45) is 2.39. The predicted octanol–water partition coefficient (Wildman–Crippen LogP) is 4.06. The van der Waals surface area contributed by atoms with E-state index in [-0.39, 0.29) is 11.9 Å². The zero-order valence-corrected chi connectivity index (χ0v) is 15.5. The summed E-state index contributed by atoms with van der Waals surface area (Å²) in [6, 6.07) is 12.3. The Kier molecular flexibility index (Phi) is 4.52. The maximum Gasteiger partial charge on any atom is 0.261 e. The van der Waals surface area contributed by atoms with Crippen molar-refractivity contribution in [3.05, 3.63) is 46.8 Å². The lowest BCUT2D eigenvalue weighted by atomic mass is 9.79. The van der Waals surface area contributed by atoms with Crippen LogP contribution >= 0.6 is 11.3 Å². The van der Waals surface area contributed by atoms with Crippen molar-refractivity contribution in [3.63, 3.8) is 0 Å². The normalized spacial score (nSPS) is 27.9. The van der Waals surface area contributed by atoms with Crippen LogP contribution in [0.5, 0.6) is 10.8 Å². The lowest BCUT2D eigenvalue weighted by molar-refractivity contribution is 0.0218. The summed E-state index contributed by atoms with van der Waals surface area (Å²) < 4.78 is 5.93. The molecule has 0 spiro atoms. The molecule has 132 valence electrons. The average Bonchev–Trinajstić information content (AvgIpc) is 3.09. The van der Waals surface area contributed by atoms with Gasteiger partial charge < -0.3 is 10.1 Å². The van der Waals surface area contributed by atoms with Crippen LogP contribution in [0.25, 0.3) is 0 Å². The number of hydrogen-bond donors (Lipinski definition) is 1. The van der Waals surface area contributed by atoms with E-state index in [0.717, 1.165) is 16.4 Å². The van der Waals surface area contributed by atoms with Crippen molar-refractivity contribution in [3.8, 4) is 10.8 Å². The molecule has 4 nitrogen and oxygen atoms in total. The fraction of sp³-hybridized carbons (Fsp3) is 0.450. The third-order valence-corrected chi connectivity index (χ3v) is 6.55. The van der Waals surface area contributed by atoms with Gasteiger partial charge in [-0.15, -0.1) is 0 Å². The van der Waals surface area contributed by atoms with Crippen molar-refractivity contribution in [2.24, 2.45) is 5.92 Å². The maximum atomic E-state index is 12.7. The van der Waals surface area contributed by atoms with Crippen molar-refractivity contribution >= 4 is 17.2 Å². The third-order valence-electron chi connectivity index (χ3n) is 5.58. The highest BCUT2D eigenvalue weighted by atomic mass is 32.1. The predicted molar refractivity (Wildman–Crippen MR) is 101 cm³/mol. The number of amides is 1. The largest absolute Gasteiger partial charge is 0.446 e. The Morgan fingerprint density at radius 3 is 2.68 bits per heavy atom. The molecule has 2 aromatic rings. The molecule has 25 heavy (non-hydrogen) atoms. The van der Waals surface area contributed by atoms with Crippen LogP contribution in [0.2, 0.25) is 0 Å². The smallest absolute Gasteiger partial charge is 0.261 e. The molecule has 0 radical (unpaired) electrons. The Balaban J connectivity index is 1.43. The van der Waals surface area contributed by atoms with Crippen LogP contribution < -0.4 is 10.1 Å². The fourth-order valence-electron chi connectivity index (χ4n) is 4.04. The Morgan fingerprint density at radius 2 is 1.96 bits per heavy atom. The molecule has 1 aromatic heterocycles. The minimum absolute atomic E-state index is 0.0234. The fourth-order valence-corrected chi connectivity index (χ4v) is 4.82. The molecule has 1 amide bonds. The minimum Gasteiger partial charge on any atom is -0.446 e. The highest BCUT2D eigenvalue weighted by Crippen LogP contribution is 2.34. The van der Waals surface area contributed by atoms with Crippen LogP contribution in [0, 0.1) is 12.8 Å². The van der Waals surface area contributed by atoms with Gasteiger partial charge in [-0.05, 0) is 69.5 Å². The van der Waals surface area contributed by atoms with Crippen LogP contribution in [-0.4, -0.2) is 36.0 Å². The van der Waals surface area contributed by atoms with E-state index >= 15 is 0 Å². The standard InChI is InChI=1S/C20H24N2O2S/c1-13-5-3-4-6-16(13)24-18-8-7-17(25-18)20(23)21-19-14(2)22-11-9-15(19)10-12-22/h3-8,14-15,19H,9-12H2,1-2H3,(H,21,23)/t14-,19-/m0/s1. The number of carbonyl (C=O) groups excluding carboxylic acids is 1. The lowest BCUT2D eigenvalue weighted by Gasteiger charge is -2.49.